The van der Waals surface area contributed by atoms with Crippen molar-refractivity contribution in [2.75, 3.05) is 0 Å². The van der Waals surface area contributed by atoms with Crippen LogP contribution in [-0.4, -0.2) is 0 Å². The number of aryl methyl sites for hydroxylation is 2. The van der Waals surface area contributed by atoms with Crippen molar-refractivity contribution in [3.63, 3.8) is 0 Å². The Morgan fingerprint density at radius 2 is 1.81 bits per heavy atom. The number of hydrogen-bond donors (Lipinski definition) is 0. The lowest BCUT2D eigenvalue weighted by Gasteiger charge is -2.15. The Labute approximate surface area is 135 Å². The SMILES string of the molecule is CCc1ccc(CC)c(C(Cl)c2csc3ccccc23)c1. The van der Waals surface area contributed by atoms with Crippen LogP contribution in [0.2, 0.25) is 0 Å². The predicted octanol–water partition coefficient (Wildman–Crippen LogP) is 6.35. The summed E-state index contributed by atoms with van der Waals surface area (Å²) in [6, 6.07) is 15.2. The molecule has 1 heterocycles. The van der Waals surface area contributed by atoms with Gasteiger partial charge in [-0.2, -0.15) is 0 Å². The Balaban J connectivity index is 2.11. The van der Waals surface area contributed by atoms with Crippen LogP contribution in [0.3, 0.4) is 0 Å². The maximum atomic E-state index is 6.87. The zero-order chi connectivity index (χ0) is 14.8. The first-order valence-corrected chi connectivity index (χ1v) is 8.78. The van der Waals surface area contributed by atoms with Crippen molar-refractivity contribution in [1.29, 1.82) is 0 Å². The quantitative estimate of drug-likeness (QED) is 0.492. The van der Waals surface area contributed by atoms with Gasteiger partial charge in [-0.05, 0) is 51.9 Å². The van der Waals surface area contributed by atoms with Gasteiger partial charge >= 0.3 is 0 Å². The number of fused-ring (bicyclic) bond motifs is 1. The summed E-state index contributed by atoms with van der Waals surface area (Å²) in [6.07, 6.45) is 2.07. The van der Waals surface area contributed by atoms with Crippen molar-refractivity contribution in [3.05, 3.63) is 70.1 Å². The van der Waals surface area contributed by atoms with Gasteiger partial charge in [-0.1, -0.05) is 50.2 Å². The molecule has 1 aromatic heterocycles. The Hall–Kier alpha value is -1.31. The van der Waals surface area contributed by atoms with Crippen LogP contribution in [0, 0.1) is 0 Å². The third kappa shape index (κ3) is 2.73. The molecule has 0 bridgehead atoms. The van der Waals surface area contributed by atoms with Crippen LogP contribution in [-0.2, 0) is 12.8 Å². The van der Waals surface area contributed by atoms with Crippen molar-refractivity contribution >= 4 is 33.0 Å². The maximum Gasteiger partial charge on any atom is 0.0852 e. The van der Waals surface area contributed by atoms with Crippen LogP contribution >= 0.6 is 22.9 Å². The molecule has 2 heteroatoms. The highest BCUT2D eigenvalue weighted by molar-refractivity contribution is 7.17. The largest absolute Gasteiger partial charge is 0.143 e. The summed E-state index contributed by atoms with van der Waals surface area (Å²) in [4.78, 5) is 0. The van der Waals surface area contributed by atoms with Gasteiger partial charge in [0.2, 0.25) is 0 Å². The van der Waals surface area contributed by atoms with E-state index >= 15 is 0 Å². The summed E-state index contributed by atoms with van der Waals surface area (Å²) in [5.74, 6) is 0. The van der Waals surface area contributed by atoms with E-state index in [1.54, 1.807) is 11.3 Å². The molecular weight excluding hydrogens is 296 g/mol. The van der Waals surface area contributed by atoms with Crippen LogP contribution in [0.15, 0.2) is 47.8 Å². The first-order valence-electron chi connectivity index (χ1n) is 7.46. The highest BCUT2D eigenvalue weighted by Crippen LogP contribution is 2.39. The van der Waals surface area contributed by atoms with Crippen LogP contribution in [0.4, 0.5) is 0 Å². The lowest BCUT2D eigenvalue weighted by molar-refractivity contribution is 1.02. The smallest absolute Gasteiger partial charge is 0.0852 e. The number of hydrogen-bond acceptors (Lipinski definition) is 1. The van der Waals surface area contributed by atoms with Gasteiger partial charge in [0, 0.05) is 4.70 Å². The zero-order valence-corrected chi connectivity index (χ0v) is 14.0. The van der Waals surface area contributed by atoms with Crippen molar-refractivity contribution in [1.82, 2.24) is 0 Å². The number of benzene rings is 2. The second-order valence-corrected chi connectivity index (χ2v) is 6.64. The van der Waals surface area contributed by atoms with Gasteiger partial charge in [-0.3, -0.25) is 0 Å². The molecule has 3 aromatic rings. The maximum absolute atomic E-state index is 6.87. The molecule has 1 atom stereocenters. The van der Waals surface area contributed by atoms with Crippen molar-refractivity contribution in [3.8, 4) is 0 Å². The lowest BCUT2D eigenvalue weighted by Crippen LogP contribution is -1.99. The van der Waals surface area contributed by atoms with Crippen molar-refractivity contribution in [2.24, 2.45) is 0 Å². The molecule has 2 aromatic carbocycles. The first kappa shape index (κ1) is 14.6. The van der Waals surface area contributed by atoms with E-state index in [4.69, 9.17) is 11.6 Å². The Kier molecular flexibility index (Phi) is 4.32. The molecule has 0 radical (unpaired) electrons. The van der Waals surface area contributed by atoms with Gasteiger partial charge in [-0.25, -0.2) is 0 Å². The highest BCUT2D eigenvalue weighted by Gasteiger charge is 2.18. The van der Waals surface area contributed by atoms with E-state index < -0.39 is 0 Å². The average Bonchev–Trinajstić information content (AvgIpc) is 2.97. The van der Waals surface area contributed by atoms with Crippen molar-refractivity contribution in [2.45, 2.75) is 32.1 Å². The van der Waals surface area contributed by atoms with E-state index in [1.165, 1.54) is 32.3 Å². The molecule has 3 rings (SSSR count). The minimum absolute atomic E-state index is 0.0670. The van der Waals surface area contributed by atoms with Crippen LogP contribution in [0.25, 0.3) is 10.1 Å². The zero-order valence-electron chi connectivity index (χ0n) is 12.4. The molecule has 0 aliphatic carbocycles. The molecular formula is C19H19ClS. The fourth-order valence-electron chi connectivity index (χ4n) is 2.78. The van der Waals surface area contributed by atoms with Gasteiger partial charge in [-0.15, -0.1) is 22.9 Å². The summed E-state index contributed by atoms with van der Waals surface area (Å²) in [6.45, 7) is 4.38. The highest BCUT2D eigenvalue weighted by atomic mass is 35.5. The molecule has 0 aliphatic rings. The van der Waals surface area contributed by atoms with Gasteiger partial charge < -0.3 is 0 Å². The van der Waals surface area contributed by atoms with E-state index in [-0.39, 0.29) is 5.38 Å². The minimum Gasteiger partial charge on any atom is -0.143 e. The van der Waals surface area contributed by atoms with Crippen LogP contribution in [0.1, 0.15) is 41.5 Å². The molecule has 0 N–H and O–H groups in total. The summed E-state index contributed by atoms with van der Waals surface area (Å²) < 4.78 is 1.31. The number of halogens is 1. The lowest BCUT2D eigenvalue weighted by atomic mass is 9.95. The molecule has 0 saturated carbocycles. The molecule has 0 saturated heterocycles. The van der Waals surface area contributed by atoms with Gasteiger partial charge in [0.15, 0.2) is 0 Å². The fourth-order valence-corrected chi connectivity index (χ4v) is 4.23. The summed E-state index contributed by atoms with van der Waals surface area (Å²) in [5.41, 5.74) is 5.21. The predicted molar refractivity (Wildman–Crippen MR) is 94.7 cm³/mol. The Bertz CT molecular complexity index is 757. The molecule has 0 amide bonds. The number of alkyl halides is 1. The summed E-state index contributed by atoms with van der Waals surface area (Å²) >= 11 is 8.65. The molecule has 1 unspecified atom stereocenters. The molecule has 0 fully saturated rings. The van der Waals surface area contributed by atoms with Gasteiger partial charge in [0.1, 0.15) is 0 Å². The normalized spacial score (nSPS) is 12.7. The Morgan fingerprint density at radius 3 is 2.57 bits per heavy atom. The average molecular weight is 315 g/mol. The number of thiophene rings is 1. The van der Waals surface area contributed by atoms with Crippen molar-refractivity contribution < 1.29 is 0 Å². The molecule has 108 valence electrons. The van der Waals surface area contributed by atoms with E-state index in [2.05, 4.69) is 61.7 Å². The second-order valence-electron chi connectivity index (χ2n) is 5.29. The van der Waals surface area contributed by atoms with Gasteiger partial charge in [0.25, 0.3) is 0 Å². The Morgan fingerprint density at radius 1 is 1.00 bits per heavy atom. The topological polar surface area (TPSA) is 0 Å². The molecule has 0 spiro atoms. The molecule has 0 nitrogen and oxygen atoms in total. The minimum atomic E-state index is -0.0670. The second kappa shape index (κ2) is 6.21. The van der Waals surface area contributed by atoms with Gasteiger partial charge in [0.05, 0.1) is 5.38 Å². The number of rotatable bonds is 4. The van der Waals surface area contributed by atoms with E-state index in [0.29, 0.717) is 0 Å². The van der Waals surface area contributed by atoms with Crippen LogP contribution < -0.4 is 0 Å². The summed E-state index contributed by atoms with van der Waals surface area (Å²) in [7, 11) is 0. The third-order valence-electron chi connectivity index (χ3n) is 4.06. The first-order chi connectivity index (χ1) is 10.2. The summed E-state index contributed by atoms with van der Waals surface area (Å²) in [5, 5.41) is 3.43. The standard InChI is InChI=1S/C19H19ClS/c1-3-13-9-10-14(4-2)16(11-13)19(20)17-12-21-18-8-6-5-7-15(17)18/h5-12,19H,3-4H2,1-2H3. The van der Waals surface area contributed by atoms with E-state index in [9.17, 15) is 0 Å². The van der Waals surface area contributed by atoms with E-state index in [1.807, 2.05) is 0 Å². The third-order valence-corrected chi connectivity index (χ3v) is 5.51. The fraction of sp³-hybridized carbons (Fsp3) is 0.263. The monoisotopic (exact) mass is 314 g/mol. The van der Waals surface area contributed by atoms with Crippen LogP contribution in [0.5, 0.6) is 0 Å². The molecule has 21 heavy (non-hydrogen) atoms. The van der Waals surface area contributed by atoms with E-state index in [0.717, 1.165) is 12.8 Å². The molecule has 0 aliphatic heterocycles.